The molecular formula is C16H22O2. The summed E-state index contributed by atoms with van der Waals surface area (Å²) in [6.07, 6.45) is 11.0. The lowest BCUT2D eigenvalue weighted by Crippen LogP contribution is -2.26. The van der Waals surface area contributed by atoms with E-state index in [9.17, 15) is 4.79 Å². The first-order chi connectivity index (χ1) is 8.57. The normalized spacial score (nSPS) is 36.2. The number of fused-ring (bicyclic) bond motifs is 2. The fourth-order valence-corrected chi connectivity index (χ4v) is 3.51. The second-order valence-electron chi connectivity index (χ2n) is 6.67. The highest BCUT2D eigenvalue weighted by Crippen LogP contribution is 2.46. The third-order valence-electron chi connectivity index (χ3n) is 4.36. The van der Waals surface area contributed by atoms with Gasteiger partial charge in [0, 0.05) is 24.3 Å². The zero-order valence-electron chi connectivity index (χ0n) is 11.4. The van der Waals surface area contributed by atoms with Crippen LogP contribution in [0.2, 0.25) is 0 Å². The minimum atomic E-state index is 0.0687. The van der Waals surface area contributed by atoms with E-state index in [1.165, 1.54) is 12.8 Å². The Labute approximate surface area is 109 Å². The number of ether oxygens (including phenoxy) is 1. The van der Waals surface area contributed by atoms with E-state index < -0.39 is 0 Å². The summed E-state index contributed by atoms with van der Waals surface area (Å²) in [4.78, 5) is 12.4. The minimum absolute atomic E-state index is 0.0687. The molecule has 2 nitrogen and oxygen atoms in total. The van der Waals surface area contributed by atoms with Gasteiger partial charge in [-0.3, -0.25) is 4.79 Å². The van der Waals surface area contributed by atoms with Crippen molar-refractivity contribution >= 4 is 5.78 Å². The molecule has 0 amide bonds. The Bertz CT molecular complexity index is 428. The molecule has 1 heterocycles. The van der Waals surface area contributed by atoms with E-state index in [1.807, 2.05) is 0 Å². The molecule has 0 aromatic rings. The lowest BCUT2D eigenvalue weighted by atomic mass is 9.73. The lowest BCUT2D eigenvalue weighted by molar-refractivity contribution is -0.118. The summed E-state index contributed by atoms with van der Waals surface area (Å²) >= 11 is 0. The van der Waals surface area contributed by atoms with Gasteiger partial charge in [-0.05, 0) is 31.1 Å². The van der Waals surface area contributed by atoms with E-state index in [2.05, 4.69) is 26.0 Å². The number of ketones is 1. The number of carbonyl (C=O) groups is 1. The van der Waals surface area contributed by atoms with Crippen LogP contribution in [0.4, 0.5) is 0 Å². The number of allylic oxidation sites excluding steroid dienone is 2. The summed E-state index contributed by atoms with van der Waals surface area (Å²) in [6.45, 7) is 4.32. The van der Waals surface area contributed by atoms with Crippen LogP contribution < -0.4 is 0 Å². The SMILES string of the molecule is CC1(C)CC(=O)C2=C(C1)O[C@H]1CCCC/C=C\[C@@H]21. The summed E-state index contributed by atoms with van der Waals surface area (Å²) in [5.74, 6) is 1.56. The fourth-order valence-electron chi connectivity index (χ4n) is 3.51. The summed E-state index contributed by atoms with van der Waals surface area (Å²) < 4.78 is 6.12. The van der Waals surface area contributed by atoms with Gasteiger partial charge in [0.05, 0.1) is 0 Å². The maximum Gasteiger partial charge on any atom is 0.163 e. The summed E-state index contributed by atoms with van der Waals surface area (Å²) in [7, 11) is 0. The third kappa shape index (κ3) is 2.02. The van der Waals surface area contributed by atoms with Crippen LogP contribution in [0.3, 0.4) is 0 Å². The molecule has 0 saturated carbocycles. The Morgan fingerprint density at radius 3 is 2.94 bits per heavy atom. The Hall–Kier alpha value is -1.05. The van der Waals surface area contributed by atoms with Crippen LogP contribution in [-0.2, 0) is 9.53 Å². The van der Waals surface area contributed by atoms with E-state index in [0.29, 0.717) is 12.2 Å². The first-order valence-electron chi connectivity index (χ1n) is 7.16. The maximum atomic E-state index is 12.4. The van der Waals surface area contributed by atoms with Crippen LogP contribution in [0.5, 0.6) is 0 Å². The summed E-state index contributed by atoms with van der Waals surface area (Å²) in [5.41, 5.74) is 1.07. The van der Waals surface area contributed by atoms with Gasteiger partial charge in [0.1, 0.15) is 11.9 Å². The molecule has 0 aromatic carbocycles. The van der Waals surface area contributed by atoms with E-state index in [4.69, 9.17) is 4.74 Å². The quantitative estimate of drug-likeness (QED) is 0.608. The Morgan fingerprint density at radius 2 is 2.11 bits per heavy atom. The zero-order chi connectivity index (χ0) is 12.8. The maximum absolute atomic E-state index is 12.4. The molecule has 98 valence electrons. The molecule has 18 heavy (non-hydrogen) atoms. The van der Waals surface area contributed by atoms with Gasteiger partial charge in [-0.1, -0.05) is 26.0 Å². The number of Topliss-reactive ketones (excluding diaryl/α,β-unsaturated/α-hetero) is 1. The average molecular weight is 246 g/mol. The average Bonchev–Trinajstić information content (AvgIpc) is 2.53. The summed E-state index contributed by atoms with van der Waals surface area (Å²) in [6, 6.07) is 0. The third-order valence-corrected chi connectivity index (χ3v) is 4.36. The van der Waals surface area contributed by atoms with E-state index >= 15 is 0 Å². The molecule has 3 rings (SSSR count). The van der Waals surface area contributed by atoms with Gasteiger partial charge in [0.2, 0.25) is 0 Å². The highest BCUT2D eigenvalue weighted by Gasteiger charge is 2.44. The van der Waals surface area contributed by atoms with Crippen LogP contribution in [0.15, 0.2) is 23.5 Å². The van der Waals surface area contributed by atoms with Crippen LogP contribution >= 0.6 is 0 Å². The van der Waals surface area contributed by atoms with E-state index in [1.54, 1.807) is 0 Å². The van der Waals surface area contributed by atoms with Gasteiger partial charge in [-0.2, -0.15) is 0 Å². The molecule has 0 bridgehead atoms. The van der Waals surface area contributed by atoms with Crippen molar-refractivity contribution in [1.29, 1.82) is 0 Å². The molecule has 1 aliphatic heterocycles. The minimum Gasteiger partial charge on any atom is -0.493 e. The Balaban J connectivity index is 1.93. The number of hydrogen-bond acceptors (Lipinski definition) is 2. The first kappa shape index (κ1) is 12.0. The molecule has 2 aliphatic carbocycles. The molecule has 3 aliphatic rings. The molecule has 0 unspecified atom stereocenters. The molecule has 0 radical (unpaired) electrons. The van der Waals surface area contributed by atoms with Crippen LogP contribution in [0.25, 0.3) is 0 Å². The Kier molecular flexibility index (Phi) is 2.84. The van der Waals surface area contributed by atoms with Crippen LogP contribution in [-0.4, -0.2) is 11.9 Å². The number of hydrogen-bond donors (Lipinski definition) is 0. The topological polar surface area (TPSA) is 26.3 Å². The molecule has 2 heteroatoms. The molecule has 0 saturated heterocycles. The van der Waals surface area contributed by atoms with E-state index in [0.717, 1.165) is 30.6 Å². The fraction of sp³-hybridized carbons (Fsp3) is 0.688. The number of carbonyl (C=O) groups excluding carboxylic acids is 1. The molecule has 0 aromatic heterocycles. The predicted molar refractivity (Wildman–Crippen MR) is 71.0 cm³/mol. The lowest BCUT2D eigenvalue weighted by Gasteiger charge is -2.29. The molecular weight excluding hydrogens is 224 g/mol. The van der Waals surface area contributed by atoms with Gasteiger partial charge in [-0.15, -0.1) is 0 Å². The second-order valence-corrected chi connectivity index (χ2v) is 6.67. The molecule has 0 fully saturated rings. The van der Waals surface area contributed by atoms with Gasteiger partial charge in [0.15, 0.2) is 5.78 Å². The van der Waals surface area contributed by atoms with Crippen molar-refractivity contribution in [3.63, 3.8) is 0 Å². The Morgan fingerprint density at radius 1 is 1.28 bits per heavy atom. The van der Waals surface area contributed by atoms with E-state index in [-0.39, 0.29) is 17.4 Å². The number of rotatable bonds is 0. The van der Waals surface area contributed by atoms with Crippen molar-refractivity contribution in [1.82, 2.24) is 0 Å². The first-order valence-corrected chi connectivity index (χ1v) is 7.16. The standard InChI is InChI=1S/C16H22O2/c1-16(2)9-12(17)15-11-7-5-3-4-6-8-13(11)18-14(15)10-16/h5,7,11,13H,3-4,6,8-10H2,1-2H3/b7-5-/t11-,13+/m1/s1. The van der Waals surface area contributed by atoms with Crippen molar-refractivity contribution in [2.75, 3.05) is 0 Å². The van der Waals surface area contributed by atoms with Gasteiger partial charge in [-0.25, -0.2) is 0 Å². The highest BCUT2D eigenvalue weighted by molar-refractivity contribution is 5.98. The van der Waals surface area contributed by atoms with Gasteiger partial charge < -0.3 is 4.74 Å². The summed E-state index contributed by atoms with van der Waals surface area (Å²) in [5, 5.41) is 0. The largest absolute Gasteiger partial charge is 0.493 e. The van der Waals surface area contributed by atoms with Crippen LogP contribution in [0, 0.1) is 11.3 Å². The smallest absolute Gasteiger partial charge is 0.163 e. The molecule has 2 atom stereocenters. The predicted octanol–water partition coefficient (Wildman–Crippen LogP) is 3.77. The molecule has 0 N–H and O–H groups in total. The van der Waals surface area contributed by atoms with Crippen molar-refractivity contribution < 1.29 is 9.53 Å². The highest BCUT2D eigenvalue weighted by atomic mass is 16.5. The zero-order valence-corrected chi connectivity index (χ0v) is 11.4. The van der Waals surface area contributed by atoms with Crippen molar-refractivity contribution in [2.24, 2.45) is 11.3 Å². The van der Waals surface area contributed by atoms with Crippen LogP contribution in [0.1, 0.15) is 52.4 Å². The van der Waals surface area contributed by atoms with Gasteiger partial charge >= 0.3 is 0 Å². The van der Waals surface area contributed by atoms with Crippen molar-refractivity contribution in [3.8, 4) is 0 Å². The monoisotopic (exact) mass is 246 g/mol. The molecule has 0 spiro atoms. The van der Waals surface area contributed by atoms with Crippen molar-refractivity contribution in [2.45, 2.75) is 58.5 Å². The van der Waals surface area contributed by atoms with Gasteiger partial charge in [0.25, 0.3) is 0 Å². The van der Waals surface area contributed by atoms with Crippen molar-refractivity contribution in [3.05, 3.63) is 23.5 Å². The second kappa shape index (κ2) is 4.25.